The van der Waals surface area contributed by atoms with Gasteiger partial charge in [0.15, 0.2) is 5.69 Å². The van der Waals surface area contributed by atoms with Crippen molar-refractivity contribution in [1.29, 1.82) is 0 Å². The first-order valence-corrected chi connectivity index (χ1v) is 9.51. The molecule has 1 aliphatic rings. The van der Waals surface area contributed by atoms with E-state index in [0.29, 0.717) is 17.8 Å². The van der Waals surface area contributed by atoms with E-state index >= 15 is 0 Å². The number of rotatable bonds is 0. The van der Waals surface area contributed by atoms with E-state index in [4.69, 9.17) is 0 Å². The van der Waals surface area contributed by atoms with Crippen LogP contribution in [0.15, 0.2) is 55.0 Å². The molecule has 29 heavy (non-hydrogen) atoms. The van der Waals surface area contributed by atoms with Gasteiger partial charge in [-0.1, -0.05) is 24.3 Å². The summed E-state index contributed by atoms with van der Waals surface area (Å²) in [5.74, 6) is -0.614. The molecule has 0 radical (unpaired) electrons. The molecular weight excluding hydrogens is 368 g/mol. The van der Waals surface area contributed by atoms with E-state index in [1.165, 1.54) is 4.68 Å². The molecule has 0 saturated carbocycles. The normalized spacial score (nSPS) is 16.2. The molecule has 4 bridgehead atoms. The lowest BCUT2D eigenvalue weighted by Gasteiger charge is -2.07. The first-order chi connectivity index (χ1) is 14.1. The van der Waals surface area contributed by atoms with Crippen LogP contribution in [-0.4, -0.2) is 37.9 Å². The van der Waals surface area contributed by atoms with E-state index in [0.717, 1.165) is 30.5 Å². The van der Waals surface area contributed by atoms with E-state index < -0.39 is 0 Å². The lowest BCUT2D eigenvalue weighted by Crippen LogP contribution is -2.26. The lowest BCUT2D eigenvalue weighted by molar-refractivity contribution is 0.0949. The summed E-state index contributed by atoms with van der Waals surface area (Å²) in [5, 5.41) is 14.3. The van der Waals surface area contributed by atoms with Crippen LogP contribution in [0.1, 0.15) is 33.7 Å². The molecule has 8 nitrogen and oxygen atoms in total. The van der Waals surface area contributed by atoms with Crippen LogP contribution in [0, 0.1) is 0 Å². The Morgan fingerprint density at radius 1 is 1.00 bits per heavy atom. The van der Waals surface area contributed by atoms with Crippen molar-refractivity contribution in [3.05, 3.63) is 66.3 Å². The zero-order valence-corrected chi connectivity index (χ0v) is 16.1. The van der Waals surface area contributed by atoms with Crippen LogP contribution in [0.3, 0.4) is 0 Å². The molecule has 2 amide bonds. The Kier molecular flexibility index (Phi) is 5.24. The average molecular weight is 390 g/mol. The van der Waals surface area contributed by atoms with Gasteiger partial charge in [-0.2, -0.15) is 10.2 Å². The Hall–Kier alpha value is -3.68. The minimum atomic E-state index is -0.313. The van der Waals surface area contributed by atoms with E-state index in [1.54, 1.807) is 25.5 Å². The van der Waals surface area contributed by atoms with Gasteiger partial charge in [0.1, 0.15) is 0 Å². The van der Waals surface area contributed by atoms with Crippen LogP contribution in [0.4, 0.5) is 5.69 Å². The number of carbonyl (C=O) groups excluding carboxylic acids is 2. The summed E-state index contributed by atoms with van der Waals surface area (Å²) in [6.45, 7) is 1.26. The molecule has 148 valence electrons. The van der Waals surface area contributed by atoms with Crippen molar-refractivity contribution in [2.75, 3.05) is 11.9 Å². The Labute approximate surface area is 168 Å². The second-order valence-corrected chi connectivity index (χ2v) is 6.90. The summed E-state index contributed by atoms with van der Waals surface area (Å²) < 4.78 is 3.40. The molecule has 2 aromatic heterocycles. The quantitative estimate of drug-likeness (QED) is 0.577. The van der Waals surface area contributed by atoms with E-state index in [9.17, 15) is 9.59 Å². The number of amides is 2. The number of nitrogens with zero attached hydrogens (tertiary/aromatic N) is 4. The molecule has 0 aliphatic carbocycles. The molecule has 0 saturated heterocycles. The summed E-state index contributed by atoms with van der Waals surface area (Å²) in [7, 11) is 1.71. The molecule has 8 heteroatoms. The van der Waals surface area contributed by atoms with E-state index in [2.05, 4.69) is 26.9 Å². The number of carbonyl (C=O) groups is 2. The van der Waals surface area contributed by atoms with Gasteiger partial charge in [-0.05, 0) is 30.5 Å². The molecule has 3 heterocycles. The summed E-state index contributed by atoms with van der Waals surface area (Å²) in [5.41, 5.74) is 2.93. The van der Waals surface area contributed by atoms with E-state index in [-0.39, 0.29) is 17.5 Å². The first kappa shape index (κ1) is 18.7. The topological polar surface area (TPSA) is 93.8 Å². The van der Waals surface area contributed by atoms with E-state index in [1.807, 2.05) is 35.2 Å². The fraction of sp³-hybridized carbons (Fsp3) is 0.238. The molecule has 0 unspecified atom stereocenters. The number of allylic oxidation sites excluding steroid dienone is 1. The van der Waals surface area contributed by atoms with Gasteiger partial charge in [0, 0.05) is 43.7 Å². The first-order valence-electron chi connectivity index (χ1n) is 9.51. The smallest absolute Gasteiger partial charge is 0.273 e. The van der Waals surface area contributed by atoms with Gasteiger partial charge in [0.05, 0.1) is 11.9 Å². The minimum Gasteiger partial charge on any atom is -0.350 e. The largest absolute Gasteiger partial charge is 0.350 e. The van der Waals surface area contributed by atoms with Crippen molar-refractivity contribution >= 4 is 17.5 Å². The van der Waals surface area contributed by atoms with Gasteiger partial charge in [0.2, 0.25) is 0 Å². The second kappa shape index (κ2) is 8.14. The predicted molar refractivity (Wildman–Crippen MR) is 110 cm³/mol. The number of aromatic nitrogens is 4. The zero-order valence-electron chi connectivity index (χ0n) is 16.1. The molecule has 2 N–H and O–H groups in total. The van der Waals surface area contributed by atoms with Crippen molar-refractivity contribution in [3.8, 4) is 11.1 Å². The summed E-state index contributed by atoms with van der Waals surface area (Å²) >= 11 is 0. The highest BCUT2D eigenvalue weighted by Gasteiger charge is 2.18. The molecular formula is C21H22N6O2. The molecule has 0 fully saturated rings. The third-order valence-electron chi connectivity index (χ3n) is 4.67. The highest BCUT2D eigenvalue weighted by Crippen LogP contribution is 2.21. The van der Waals surface area contributed by atoms with Gasteiger partial charge in [-0.25, -0.2) is 0 Å². The molecule has 1 aromatic carbocycles. The van der Waals surface area contributed by atoms with Crippen LogP contribution in [0.2, 0.25) is 0 Å². The number of nitrogens with one attached hydrogen (secondary N) is 2. The van der Waals surface area contributed by atoms with Crippen LogP contribution in [-0.2, 0) is 13.6 Å². The van der Waals surface area contributed by atoms with Crippen LogP contribution >= 0.6 is 0 Å². The van der Waals surface area contributed by atoms with Crippen LogP contribution < -0.4 is 10.6 Å². The minimum absolute atomic E-state index is 0.198. The van der Waals surface area contributed by atoms with Crippen molar-refractivity contribution in [1.82, 2.24) is 24.9 Å². The molecule has 1 aliphatic heterocycles. The number of fused-ring (bicyclic) bond motifs is 6. The molecule has 3 aromatic rings. The van der Waals surface area contributed by atoms with Crippen molar-refractivity contribution in [3.63, 3.8) is 0 Å². The second-order valence-electron chi connectivity index (χ2n) is 6.90. The number of hydrogen-bond donors (Lipinski definition) is 2. The third-order valence-corrected chi connectivity index (χ3v) is 4.67. The predicted octanol–water partition coefficient (Wildman–Crippen LogP) is 2.62. The fourth-order valence-corrected chi connectivity index (χ4v) is 3.21. The van der Waals surface area contributed by atoms with Gasteiger partial charge in [0.25, 0.3) is 11.8 Å². The average Bonchev–Trinajstić information content (AvgIpc) is 3.33. The monoisotopic (exact) mass is 390 g/mol. The maximum Gasteiger partial charge on any atom is 0.273 e. The molecule has 0 atom stereocenters. The summed E-state index contributed by atoms with van der Waals surface area (Å²) in [6, 6.07) is 7.33. The summed E-state index contributed by atoms with van der Waals surface area (Å²) in [4.78, 5) is 25.3. The van der Waals surface area contributed by atoms with Crippen molar-refractivity contribution in [2.45, 2.75) is 19.4 Å². The molecule has 4 rings (SSSR count). The Morgan fingerprint density at radius 2 is 1.83 bits per heavy atom. The Morgan fingerprint density at radius 3 is 2.72 bits per heavy atom. The van der Waals surface area contributed by atoms with Gasteiger partial charge in [-0.15, -0.1) is 0 Å². The SMILES string of the molecule is Cn1cc2c(n1)C(=O)NCC/C=C/CCn1cc(cn1)-c1cccc(c1)C(=O)N2. The standard InChI is InChI=1S/C21H22N6O2/c1-26-14-18-19(25-26)21(29)22-9-4-2-3-5-10-27-13-17(12-23-27)15-7-6-8-16(11-15)20(28)24-18/h2-3,6-8,11-14H,4-5,9-10H2,1H3,(H,22,29)(H,24,28)/b3-2+. The van der Waals surface area contributed by atoms with Gasteiger partial charge in [-0.3, -0.25) is 19.0 Å². The third kappa shape index (κ3) is 4.26. The number of aryl methyl sites for hydroxylation is 2. The molecule has 0 spiro atoms. The number of benzene rings is 1. The van der Waals surface area contributed by atoms with Crippen LogP contribution in [0.25, 0.3) is 11.1 Å². The van der Waals surface area contributed by atoms with Gasteiger partial charge < -0.3 is 10.6 Å². The van der Waals surface area contributed by atoms with Gasteiger partial charge >= 0.3 is 0 Å². The highest BCUT2D eigenvalue weighted by atomic mass is 16.2. The Balaban J connectivity index is 1.68. The number of hydrogen-bond acceptors (Lipinski definition) is 4. The lowest BCUT2D eigenvalue weighted by atomic mass is 10.1. The van der Waals surface area contributed by atoms with Crippen molar-refractivity contribution < 1.29 is 9.59 Å². The maximum absolute atomic E-state index is 12.8. The summed E-state index contributed by atoms with van der Waals surface area (Å²) in [6.07, 6.45) is 11.1. The number of anilines is 1. The maximum atomic E-state index is 12.8. The van der Waals surface area contributed by atoms with Crippen LogP contribution in [0.5, 0.6) is 0 Å². The Bertz CT molecular complexity index is 1080. The fourth-order valence-electron chi connectivity index (χ4n) is 3.21. The highest BCUT2D eigenvalue weighted by molar-refractivity contribution is 6.08. The van der Waals surface area contributed by atoms with Crippen molar-refractivity contribution in [2.24, 2.45) is 7.05 Å². The zero-order chi connectivity index (χ0) is 20.2.